The minimum atomic E-state index is -0.422. The van der Waals surface area contributed by atoms with Crippen LogP contribution in [0, 0.1) is 19.8 Å². The lowest BCUT2D eigenvalue weighted by molar-refractivity contribution is -0.0210. The Bertz CT molecular complexity index is 1570. The Morgan fingerprint density at radius 2 is 1.88 bits per heavy atom. The third-order valence-corrected chi connectivity index (χ3v) is 8.27. The lowest BCUT2D eigenvalue weighted by Gasteiger charge is -2.35. The molecule has 2 aromatic heterocycles. The van der Waals surface area contributed by atoms with Gasteiger partial charge in [-0.15, -0.1) is 0 Å². The second-order valence-corrected chi connectivity index (χ2v) is 11.2. The monoisotopic (exact) mass is 558 g/mol. The van der Waals surface area contributed by atoms with Gasteiger partial charge < -0.3 is 28.7 Å². The number of aryl methyl sites for hydroxylation is 3. The second kappa shape index (κ2) is 11.5. The van der Waals surface area contributed by atoms with Gasteiger partial charge in [0.1, 0.15) is 17.0 Å². The number of aromatic nitrogens is 2. The first-order valence-electron chi connectivity index (χ1n) is 14.0. The molecule has 1 aliphatic rings. The van der Waals surface area contributed by atoms with Crippen LogP contribution in [0.25, 0.3) is 22.0 Å². The number of ether oxygens (including phenoxy) is 1. The zero-order valence-corrected chi connectivity index (χ0v) is 24.5. The van der Waals surface area contributed by atoms with Crippen molar-refractivity contribution in [2.45, 2.75) is 46.4 Å². The van der Waals surface area contributed by atoms with Gasteiger partial charge in [-0.1, -0.05) is 54.5 Å². The van der Waals surface area contributed by atoms with E-state index in [0.29, 0.717) is 42.4 Å². The molecule has 0 fully saturated rings. The average Bonchev–Trinajstić information content (AvgIpc) is 3.46. The number of para-hydroxylation sites is 1. The van der Waals surface area contributed by atoms with Gasteiger partial charge in [-0.25, -0.2) is 0 Å². The van der Waals surface area contributed by atoms with Gasteiger partial charge in [0.15, 0.2) is 0 Å². The lowest BCUT2D eigenvalue weighted by Crippen LogP contribution is -2.48. The van der Waals surface area contributed by atoms with E-state index >= 15 is 0 Å². The Kier molecular flexibility index (Phi) is 8.02. The number of benzene rings is 2. The smallest absolute Gasteiger partial charge is 0.271 e. The molecule has 9 nitrogen and oxygen atoms in total. The standard InChI is InChI=1S/C32H38N4O5/c1-19-15-36(20(2)17-37)32(39)30-29(25-13-9-10-14-26(25)35(30)6)24-12-8-7-11-23(24)18-40-27(19)16-34(5)31(38)28-21(3)33-41-22(28)4/h7-14,19-20,27,37H,15-18H2,1-6H3/t19-,20-,27+/m0/s1. The van der Waals surface area contributed by atoms with Gasteiger partial charge in [0.2, 0.25) is 0 Å². The molecule has 3 atom stereocenters. The Morgan fingerprint density at radius 3 is 2.59 bits per heavy atom. The summed E-state index contributed by atoms with van der Waals surface area (Å²) in [6.07, 6.45) is -0.392. The van der Waals surface area contributed by atoms with Crippen LogP contribution >= 0.6 is 0 Å². The summed E-state index contributed by atoms with van der Waals surface area (Å²) in [5.74, 6) is -0.0236. The number of hydrogen-bond donors (Lipinski definition) is 1. The lowest BCUT2D eigenvalue weighted by atomic mass is 9.96. The highest BCUT2D eigenvalue weighted by atomic mass is 16.5. The number of rotatable bonds is 5. The molecule has 9 heteroatoms. The van der Waals surface area contributed by atoms with E-state index in [1.54, 1.807) is 30.7 Å². The van der Waals surface area contributed by atoms with Crippen molar-refractivity contribution in [3.8, 4) is 11.1 Å². The van der Waals surface area contributed by atoms with E-state index < -0.39 is 12.1 Å². The summed E-state index contributed by atoms with van der Waals surface area (Å²) in [7, 11) is 3.66. The molecule has 0 spiro atoms. The Labute approximate surface area is 240 Å². The molecule has 0 aliphatic carbocycles. The fourth-order valence-electron chi connectivity index (χ4n) is 5.86. The van der Waals surface area contributed by atoms with E-state index in [1.807, 2.05) is 74.0 Å². The van der Waals surface area contributed by atoms with Gasteiger partial charge in [0.05, 0.1) is 31.1 Å². The largest absolute Gasteiger partial charge is 0.394 e. The van der Waals surface area contributed by atoms with Crippen LogP contribution in [-0.2, 0) is 18.4 Å². The molecule has 0 bridgehead atoms. The quantitative estimate of drug-likeness (QED) is 0.385. The molecule has 2 amide bonds. The van der Waals surface area contributed by atoms with Crippen molar-refractivity contribution in [1.82, 2.24) is 19.5 Å². The minimum Gasteiger partial charge on any atom is -0.394 e. The number of hydrogen-bond acceptors (Lipinski definition) is 6. The Morgan fingerprint density at radius 1 is 1.17 bits per heavy atom. The van der Waals surface area contributed by atoms with Crippen molar-refractivity contribution in [2.24, 2.45) is 13.0 Å². The van der Waals surface area contributed by atoms with Crippen molar-refractivity contribution in [3.63, 3.8) is 0 Å². The Hall–Kier alpha value is -3.95. The normalized spacial score (nSPS) is 18.5. The summed E-state index contributed by atoms with van der Waals surface area (Å²) < 4.78 is 13.8. The molecular weight excluding hydrogens is 520 g/mol. The van der Waals surface area contributed by atoms with Crippen molar-refractivity contribution in [2.75, 3.05) is 26.7 Å². The first-order valence-corrected chi connectivity index (χ1v) is 14.0. The molecule has 0 radical (unpaired) electrons. The minimum absolute atomic E-state index is 0.150. The molecule has 1 aliphatic heterocycles. The molecule has 4 aromatic rings. The molecule has 2 aromatic carbocycles. The second-order valence-electron chi connectivity index (χ2n) is 11.2. The summed E-state index contributed by atoms with van der Waals surface area (Å²) in [4.78, 5) is 31.2. The maximum atomic E-state index is 14.5. The van der Waals surface area contributed by atoms with Crippen LogP contribution < -0.4 is 0 Å². The van der Waals surface area contributed by atoms with E-state index in [4.69, 9.17) is 9.26 Å². The summed E-state index contributed by atoms with van der Waals surface area (Å²) in [5, 5.41) is 15.1. The van der Waals surface area contributed by atoms with Crippen LogP contribution in [-0.4, -0.2) is 75.3 Å². The highest BCUT2D eigenvalue weighted by Gasteiger charge is 2.34. The van der Waals surface area contributed by atoms with E-state index in [0.717, 1.165) is 27.6 Å². The summed E-state index contributed by atoms with van der Waals surface area (Å²) in [6.45, 7) is 8.13. The molecule has 1 N–H and O–H groups in total. The fraction of sp³-hybridized carbons (Fsp3) is 0.406. The first kappa shape index (κ1) is 28.6. The number of fused-ring (bicyclic) bond motifs is 5. The number of amides is 2. The number of carbonyl (C=O) groups is 2. The summed E-state index contributed by atoms with van der Waals surface area (Å²) in [5.41, 5.74) is 5.28. The van der Waals surface area contributed by atoms with Gasteiger partial charge in [0.25, 0.3) is 11.8 Å². The summed E-state index contributed by atoms with van der Waals surface area (Å²) in [6, 6.07) is 15.6. The number of aliphatic hydroxyl groups is 1. The summed E-state index contributed by atoms with van der Waals surface area (Å²) >= 11 is 0. The number of likely N-dealkylation sites (N-methyl/N-ethyl adjacent to an activating group) is 1. The topological polar surface area (TPSA) is 101 Å². The fourth-order valence-corrected chi connectivity index (χ4v) is 5.86. The molecule has 216 valence electrons. The maximum Gasteiger partial charge on any atom is 0.271 e. The van der Waals surface area contributed by atoms with Gasteiger partial charge in [0, 0.05) is 49.6 Å². The van der Waals surface area contributed by atoms with Gasteiger partial charge in [-0.05, 0) is 38.0 Å². The van der Waals surface area contributed by atoms with Gasteiger partial charge in [-0.3, -0.25) is 9.59 Å². The zero-order valence-electron chi connectivity index (χ0n) is 24.5. The van der Waals surface area contributed by atoms with Crippen molar-refractivity contribution in [3.05, 3.63) is 76.8 Å². The van der Waals surface area contributed by atoms with Gasteiger partial charge in [-0.2, -0.15) is 0 Å². The SMILES string of the molecule is Cc1noc(C)c1C(=O)N(C)C[C@H]1OCc2ccccc2-c2c(n(C)c3ccccc23)C(=O)N([C@@H](C)CO)C[C@@H]1C. The predicted molar refractivity (Wildman–Crippen MR) is 157 cm³/mol. The van der Waals surface area contributed by atoms with E-state index in [-0.39, 0.29) is 24.3 Å². The molecule has 5 rings (SSSR count). The average molecular weight is 559 g/mol. The third kappa shape index (κ3) is 5.15. The first-order chi connectivity index (χ1) is 19.6. The molecule has 0 saturated heterocycles. The molecule has 0 unspecified atom stereocenters. The number of aliphatic hydroxyl groups excluding tert-OH is 1. The van der Waals surface area contributed by atoms with E-state index in [1.165, 1.54) is 0 Å². The highest BCUT2D eigenvalue weighted by molar-refractivity contribution is 6.10. The van der Waals surface area contributed by atoms with Crippen LogP contribution in [0.4, 0.5) is 0 Å². The van der Waals surface area contributed by atoms with Crippen LogP contribution in [0.2, 0.25) is 0 Å². The van der Waals surface area contributed by atoms with Crippen LogP contribution in [0.1, 0.15) is 51.7 Å². The molecular formula is C32H38N4O5. The van der Waals surface area contributed by atoms with Crippen molar-refractivity contribution >= 4 is 22.7 Å². The van der Waals surface area contributed by atoms with Crippen molar-refractivity contribution < 1.29 is 24.0 Å². The predicted octanol–water partition coefficient (Wildman–Crippen LogP) is 4.58. The van der Waals surface area contributed by atoms with Crippen LogP contribution in [0.15, 0.2) is 53.1 Å². The Balaban J connectivity index is 1.60. The molecule has 41 heavy (non-hydrogen) atoms. The third-order valence-electron chi connectivity index (χ3n) is 8.27. The van der Waals surface area contributed by atoms with E-state index in [2.05, 4.69) is 5.16 Å². The van der Waals surface area contributed by atoms with Gasteiger partial charge >= 0.3 is 0 Å². The number of nitrogens with zero attached hydrogens (tertiary/aromatic N) is 4. The number of carbonyl (C=O) groups excluding carboxylic acids is 2. The van der Waals surface area contributed by atoms with Crippen LogP contribution in [0.3, 0.4) is 0 Å². The zero-order chi connectivity index (χ0) is 29.4. The molecule has 0 saturated carbocycles. The molecule has 3 heterocycles. The maximum absolute atomic E-state index is 14.5. The van der Waals surface area contributed by atoms with E-state index in [9.17, 15) is 14.7 Å². The van der Waals surface area contributed by atoms with Crippen LogP contribution in [0.5, 0.6) is 0 Å². The van der Waals surface area contributed by atoms with Crippen molar-refractivity contribution in [1.29, 1.82) is 0 Å². The highest BCUT2D eigenvalue weighted by Crippen LogP contribution is 2.38.